The van der Waals surface area contributed by atoms with Crippen molar-refractivity contribution in [1.29, 1.82) is 0 Å². The number of hydrogen-bond donors (Lipinski definition) is 1. The van der Waals surface area contributed by atoms with Crippen molar-refractivity contribution in [2.45, 2.75) is 57.8 Å². The summed E-state index contributed by atoms with van der Waals surface area (Å²) in [5, 5.41) is 3.43. The van der Waals surface area contributed by atoms with E-state index in [-0.39, 0.29) is 0 Å². The molecule has 0 amide bonds. The molecule has 1 nitrogen and oxygen atoms in total. The SMILES string of the molecule is CNCC1(C2CCCCCC2)CCC1. The molecule has 82 valence electrons. The van der Waals surface area contributed by atoms with Crippen LogP contribution in [0.1, 0.15) is 57.8 Å². The first-order valence-electron chi connectivity index (χ1n) is 6.52. The predicted molar refractivity (Wildman–Crippen MR) is 61.4 cm³/mol. The normalized spacial score (nSPS) is 28.1. The average Bonchev–Trinajstić information content (AvgIpc) is 2.39. The van der Waals surface area contributed by atoms with Crippen LogP contribution in [0.15, 0.2) is 0 Å². The van der Waals surface area contributed by atoms with Crippen LogP contribution in [0.25, 0.3) is 0 Å². The second-order valence-electron chi connectivity index (χ2n) is 5.43. The number of nitrogens with one attached hydrogen (secondary N) is 1. The van der Waals surface area contributed by atoms with E-state index in [1.54, 1.807) is 0 Å². The van der Waals surface area contributed by atoms with E-state index in [1.807, 2.05) is 0 Å². The maximum absolute atomic E-state index is 3.43. The molecule has 0 aromatic rings. The Labute approximate surface area is 88.7 Å². The Morgan fingerprint density at radius 2 is 1.64 bits per heavy atom. The van der Waals surface area contributed by atoms with E-state index in [4.69, 9.17) is 0 Å². The van der Waals surface area contributed by atoms with E-state index in [1.165, 1.54) is 64.3 Å². The van der Waals surface area contributed by atoms with Crippen LogP contribution in [0, 0.1) is 11.3 Å². The maximum atomic E-state index is 3.43. The molecule has 0 saturated heterocycles. The van der Waals surface area contributed by atoms with Gasteiger partial charge in [-0.15, -0.1) is 0 Å². The van der Waals surface area contributed by atoms with Gasteiger partial charge in [0, 0.05) is 6.54 Å². The highest BCUT2D eigenvalue weighted by Gasteiger charge is 2.42. The van der Waals surface area contributed by atoms with Gasteiger partial charge in [0.2, 0.25) is 0 Å². The number of rotatable bonds is 3. The van der Waals surface area contributed by atoms with Gasteiger partial charge in [0.15, 0.2) is 0 Å². The predicted octanol–water partition coefficient (Wildman–Crippen LogP) is 3.35. The Bertz CT molecular complexity index is 164. The fraction of sp³-hybridized carbons (Fsp3) is 1.00. The van der Waals surface area contributed by atoms with Crippen molar-refractivity contribution in [1.82, 2.24) is 5.32 Å². The summed E-state index contributed by atoms with van der Waals surface area (Å²) in [5.74, 6) is 1.05. The topological polar surface area (TPSA) is 12.0 Å². The summed E-state index contributed by atoms with van der Waals surface area (Å²) in [4.78, 5) is 0. The van der Waals surface area contributed by atoms with Gasteiger partial charge < -0.3 is 5.32 Å². The Morgan fingerprint density at radius 3 is 2.07 bits per heavy atom. The van der Waals surface area contributed by atoms with Crippen LogP contribution >= 0.6 is 0 Å². The molecule has 0 spiro atoms. The van der Waals surface area contributed by atoms with Crippen molar-refractivity contribution in [3.8, 4) is 0 Å². The lowest BCUT2D eigenvalue weighted by molar-refractivity contribution is 0.0410. The van der Waals surface area contributed by atoms with E-state index < -0.39 is 0 Å². The Hall–Kier alpha value is -0.0400. The molecule has 1 heteroatoms. The van der Waals surface area contributed by atoms with E-state index in [0.717, 1.165) is 11.3 Å². The van der Waals surface area contributed by atoms with Gasteiger partial charge in [-0.1, -0.05) is 32.1 Å². The average molecular weight is 195 g/mol. The van der Waals surface area contributed by atoms with E-state index in [9.17, 15) is 0 Å². The van der Waals surface area contributed by atoms with Crippen LogP contribution in [0.2, 0.25) is 0 Å². The first-order chi connectivity index (χ1) is 6.87. The minimum Gasteiger partial charge on any atom is -0.319 e. The molecule has 0 aromatic carbocycles. The molecule has 0 aliphatic heterocycles. The van der Waals surface area contributed by atoms with Gasteiger partial charge >= 0.3 is 0 Å². The van der Waals surface area contributed by atoms with Crippen LogP contribution in [0.5, 0.6) is 0 Å². The van der Waals surface area contributed by atoms with Gasteiger partial charge in [-0.05, 0) is 44.1 Å². The summed E-state index contributed by atoms with van der Waals surface area (Å²) in [6.45, 7) is 1.28. The molecule has 14 heavy (non-hydrogen) atoms. The third-order valence-electron chi connectivity index (χ3n) is 4.60. The second-order valence-corrected chi connectivity index (χ2v) is 5.43. The highest BCUT2D eigenvalue weighted by atomic mass is 14.8. The van der Waals surface area contributed by atoms with Crippen molar-refractivity contribution in [2.75, 3.05) is 13.6 Å². The van der Waals surface area contributed by atoms with E-state index >= 15 is 0 Å². The molecular formula is C13H25N. The van der Waals surface area contributed by atoms with Gasteiger partial charge in [-0.2, -0.15) is 0 Å². The van der Waals surface area contributed by atoms with E-state index in [0.29, 0.717) is 0 Å². The minimum absolute atomic E-state index is 0.721. The Morgan fingerprint density at radius 1 is 1.00 bits per heavy atom. The van der Waals surface area contributed by atoms with Crippen molar-refractivity contribution in [3.05, 3.63) is 0 Å². The molecule has 2 fully saturated rings. The zero-order valence-corrected chi connectivity index (χ0v) is 9.65. The van der Waals surface area contributed by atoms with E-state index in [2.05, 4.69) is 12.4 Å². The highest BCUT2D eigenvalue weighted by Crippen LogP contribution is 2.51. The van der Waals surface area contributed by atoms with Crippen molar-refractivity contribution in [3.63, 3.8) is 0 Å². The zero-order valence-electron chi connectivity index (χ0n) is 9.65. The largest absolute Gasteiger partial charge is 0.319 e. The first-order valence-corrected chi connectivity index (χ1v) is 6.52. The van der Waals surface area contributed by atoms with Crippen molar-refractivity contribution in [2.24, 2.45) is 11.3 Å². The maximum Gasteiger partial charge on any atom is 0.000746 e. The van der Waals surface area contributed by atoms with Gasteiger partial charge in [-0.3, -0.25) is 0 Å². The van der Waals surface area contributed by atoms with Crippen LogP contribution < -0.4 is 5.32 Å². The molecule has 0 atom stereocenters. The molecule has 2 aliphatic rings. The standard InChI is InChI=1S/C13H25N/c1-14-11-13(9-6-10-13)12-7-4-2-3-5-8-12/h12,14H,2-11H2,1H3. The molecule has 2 rings (SSSR count). The molecule has 0 aromatic heterocycles. The fourth-order valence-electron chi connectivity index (χ4n) is 3.60. The molecule has 1 N–H and O–H groups in total. The summed E-state index contributed by atoms with van der Waals surface area (Å²) in [6, 6.07) is 0. The summed E-state index contributed by atoms with van der Waals surface area (Å²) in [6.07, 6.45) is 13.5. The lowest BCUT2D eigenvalue weighted by Crippen LogP contribution is -2.44. The highest BCUT2D eigenvalue weighted by molar-refractivity contribution is 4.95. The fourth-order valence-corrected chi connectivity index (χ4v) is 3.60. The smallest absolute Gasteiger partial charge is 0.000746 e. The lowest BCUT2D eigenvalue weighted by atomic mass is 9.59. The van der Waals surface area contributed by atoms with Crippen LogP contribution in [-0.2, 0) is 0 Å². The lowest BCUT2D eigenvalue weighted by Gasteiger charge is -2.48. The molecule has 2 aliphatic carbocycles. The monoisotopic (exact) mass is 195 g/mol. The summed E-state index contributed by atoms with van der Waals surface area (Å²) in [7, 11) is 2.12. The molecule has 0 heterocycles. The van der Waals surface area contributed by atoms with Gasteiger partial charge in [0.05, 0.1) is 0 Å². The summed E-state index contributed by atoms with van der Waals surface area (Å²) < 4.78 is 0. The Balaban J connectivity index is 1.95. The quantitative estimate of drug-likeness (QED) is 0.681. The number of hydrogen-bond acceptors (Lipinski definition) is 1. The third kappa shape index (κ3) is 1.98. The van der Waals surface area contributed by atoms with Gasteiger partial charge in [0.1, 0.15) is 0 Å². The second kappa shape index (κ2) is 4.65. The molecule has 0 unspecified atom stereocenters. The Kier molecular flexibility index (Phi) is 3.48. The van der Waals surface area contributed by atoms with Crippen LogP contribution in [0.3, 0.4) is 0 Å². The summed E-state index contributed by atoms with van der Waals surface area (Å²) >= 11 is 0. The zero-order chi connectivity index (χ0) is 9.86. The summed E-state index contributed by atoms with van der Waals surface area (Å²) in [5.41, 5.74) is 0.721. The minimum atomic E-state index is 0.721. The van der Waals surface area contributed by atoms with Crippen molar-refractivity contribution < 1.29 is 0 Å². The van der Waals surface area contributed by atoms with Crippen molar-refractivity contribution >= 4 is 0 Å². The van der Waals surface area contributed by atoms with Gasteiger partial charge in [-0.25, -0.2) is 0 Å². The van der Waals surface area contributed by atoms with Crippen LogP contribution in [-0.4, -0.2) is 13.6 Å². The first kappa shape index (κ1) is 10.5. The molecular weight excluding hydrogens is 170 g/mol. The van der Waals surface area contributed by atoms with Gasteiger partial charge in [0.25, 0.3) is 0 Å². The molecule has 2 saturated carbocycles. The third-order valence-corrected chi connectivity index (χ3v) is 4.60. The van der Waals surface area contributed by atoms with Crippen LogP contribution in [0.4, 0.5) is 0 Å². The molecule has 0 radical (unpaired) electrons. The molecule has 0 bridgehead atoms.